The third kappa shape index (κ3) is 3.89. The van der Waals surface area contributed by atoms with Crippen LogP contribution in [0.2, 0.25) is 0 Å². The first-order chi connectivity index (χ1) is 9.16. The summed E-state index contributed by atoms with van der Waals surface area (Å²) in [4.78, 5) is 0. The van der Waals surface area contributed by atoms with Crippen LogP contribution in [0.5, 0.6) is 5.75 Å². The average molecular weight is 278 g/mol. The molecule has 2 rings (SSSR count). The summed E-state index contributed by atoms with van der Waals surface area (Å²) in [5, 5.41) is 0. The van der Waals surface area contributed by atoms with E-state index in [0.29, 0.717) is 5.75 Å². The van der Waals surface area contributed by atoms with Gasteiger partial charge in [-0.3, -0.25) is 4.55 Å². The van der Waals surface area contributed by atoms with Crippen molar-refractivity contribution in [1.82, 2.24) is 0 Å². The monoisotopic (exact) mass is 278 g/mol. The van der Waals surface area contributed by atoms with Crippen LogP contribution in [0.1, 0.15) is 6.92 Å². The average Bonchev–Trinajstić information content (AvgIpc) is 2.39. The van der Waals surface area contributed by atoms with Crippen molar-refractivity contribution in [3.05, 3.63) is 54.6 Å². The van der Waals surface area contributed by atoms with Crippen LogP contribution >= 0.6 is 0 Å². The molecular weight excluding hydrogens is 264 g/mol. The second-order valence-corrected chi connectivity index (χ2v) is 4.49. The molecule has 0 heterocycles. The zero-order valence-corrected chi connectivity index (χ0v) is 11.2. The molecule has 0 fully saturated rings. The molecule has 0 saturated carbocycles. The molecule has 5 heteroatoms. The highest BCUT2D eigenvalue weighted by molar-refractivity contribution is 7.74. The van der Waals surface area contributed by atoms with Crippen LogP contribution in [-0.2, 0) is 15.5 Å². The Hall–Kier alpha value is -1.69. The van der Waals surface area contributed by atoms with Crippen molar-refractivity contribution in [3.8, 4) is 16.9 Å². The maximum atomic E-state index is 10.6. The van der Waals surface area contributed by atoms with Crippen molar-refractivity contribution >= 4 is 11.4 Å². The van der Waals surface area contributed by atoms with Crippen molar-refractivity contribution in [2.45, 2.75) is 13.2 Å². The first-order valence-electron chi connectivity index (χ1n) is 5.76. The Morgan fingerprint density at radius 2 is 1.68 bits per heavy atom. The standard InChI is InChI=1S/C14H14O4S/c1-11(18-19(15)16)17-14-10-6-5-9-13(14)12-7-3-2-4-8-12/h2-11H,1H3,(H,15,16). The Kier molecular flexibility index (Phi) is 4.68. The second kappa shape index (κ2) is 6.47. The van der Waals surface area contributed by atoms with E-state index in [2.05, 4.69) is 4.18 Å². The number of ether oxygens (including phenoxy) is 1. The van der Waals surface area contributed by atoms with Gasteiger partial charge in [0.2, 0.25) is 6.29 Å². The van der Waals surface area contributed by atoms with Crippen molar-refractivity contribution in [1.29, 1.82) is 0 Å². The molecule has 1 N–H and O–H groups in total. The van der Waals surface area contributed by atoms with E-state index in [4.69, 9.17) is 9.29 Å². The van der Waals surface area contributed by atoms with Gasteiger partial charge in [-0.2, -0.15) is 4.21 Å². The van der Waals surface area contributed by atoms with Gasteiger partial charge in [-0.1, -0.05) is 48.5 Å². The number of benzene rings is 2. The molecule has 2 atom stereocenters. The van der Waals surface area contributed by atoms with Gasteiger partial charge in [-0.05, 0) is 18.6 Å². The molecule has 19 heavy (non-hydrogen) atoms. The molecule has 0 aliphatic heterocycles. The van der Waals surface area contributed by atoms with Gasteiger partial charge in [0.25, 0.3) is 0 Å². The molecule has 0 aliphatic rings. The van der Waals surface area contributed by atoms with Crippen LogP contribution in [0.3, 0.4) is 0 Å². The maximum absolute atomic E-state index is 10.6. The fraction of sp³-hybridized carbons (Fsp3) is 0.143. The van der Waals surface area contributed by atoms with Gasteiger partial charge in [0.1, 0.15) is 5.75 Å². The Bertz CT molecular complexity index is 556. The fourth-order valence-corrected chi connectivity index (χ4v) is 2.01. The largest absolute Gasteiger partial charge is 0.463 e. The molecule has 0 spiro atoms. The van der Waals surface area contributed by atoms with Gasteiger partial charge in [0.15, 0.2) is 0 Å². The molecule has 0 aromatic heterocycles. The minimum atomic E-state index is -2.35. The predicted molar refractivity (Wildman–Crippen MR) is 73.8 cm³/mol. The van der Waals surface area contributed by atoms with E-state index < -0.39 is 17.7 Å². The molecule has 2 aromatic rings. The van der Waals surface area contributed by atoms with E-state index in [1.807, 2.05) is 48.5 Å². The third-order valence-corrected chi connectivity index (χ3v) is 2.92. The molecule has 0 aliphatic carbocycles. The molecule has 100 valence electrons. The van der Waals surface area contributed by atoms with Crippen LogP contribution in [-0.4, -0.2) is 15.1 Å². The van der Waals surface area contributed by atoms with Crippen LogP contribution in [0, 0.1) is 0 Å². The summed E-state index contributed by atoms with van der Waals surface area (Å²) in [5.74, 6) is 0.603. The normalized spacial score (nSPS) is 13.8. The van der Waals surface area contributed by atoms with E-state index >= 15 is 0 Å². The minimum Gasteiger partial charge on any atom is -0.463 e. The van der Waals surface area contributed by atoms with Crippen molar-refractivity contribution in [2.75, 3.05) is 0 Å². The van der Waals surface area contributed by atoms with Crippen molar-refractivity contribution in [3.63, 3.8) is 0 Å². The summed E-state index contributed by atoms with van der Waals surface area (Å²) < 4.78 is 29.4. The highest BCUT2D eigenvalue weighted by Crippen LogP contribution is 2.30. The molecule has 0 bridgehead atoms. The van der Waals surface area contributed by atoms with Gasteiger partial charge in [0.05, 0.1) is 0 Å². The molecule has 0 amide bonds. The molecular formula is C14H14O4S. The SMILES string of the molecule is CC(Oc1ccccc1-c1ccccc1)OS(=O)O. The second-order valence-electron chi connectivity index (χ2n) is 3.86. The predicted octanol–water partition coefficient (Wildman–Crippen LogP) is 3.23. The number of para-hydroxylation sites is 1. The van der Waals surface area contributed by atoms with E-state index in [-0.39, 0.29) is 0 Å². The molecule has 4 nitrogen and oxygen atoms in total. The summed E-state index contributed by atoms with van der Waals surface area (Å²) in [6.07, 6.45) is -0.810. The van der Waals surface area contributed by atoms with Crippen LogP contribution in [0.4, 0.5) is 0 Å². The third-order valence-electron chi connectivity index (χ3n) is 2.48. The van der Waals surface area contributed by atoms with E-state index in [1.54, 1.807) is 13.0 Å². The highest BCUT2D eigenvalue weighted by atomic mass is 32.2. The topological polar surface area (TPSA) is 55.8 Å². The first-order valence-corrected chi connectivity index (χ1v) is 6.79. The smallest absolute Gasteiger partial charge is 0.305 e. The van der Waals surface area contributed by atoms with Gasteiger partial charge in [0, 0.05) is 5.56 Å². The van der Waals surface area contributed by atoms with E-state index in [1.165, 1.54) is 0 Å². The van der Waals surface area contributed by atoms with Crippen LogP contribution in [0.25, 0.3) is 11.1 Å². The number of hydrogen-bond acceptors (Lipinski definition) is 3. The van der Waals surface area contributed by atoms with Gasteiger partial charge in [-0.15, -0.1) is 0 Å². The number of rotatable bonds is 5. The lowest BCUT2D eigenvalue weighted by molar-refractivity contribution is 0.0272. The zero-order chi connectivity index (χ0) is 13.7. The lowest BCUT2D eigenvalue weighted by Gasteiger charge is -2.15. The fourth-order valence-electron chi connectivity index (χ4n) is 1.74. The Labute approximate surface area is 114 Å². The summed E-state index contributed by atoms with van der Waals surface area (Å²) in [5.41, 5.74) is 1.91. The van der Waals surface area contributed by atoms with E-state index in [0.717, 1.165) is 11.1 Å². The Morgan fingerprint density at radius 3 is 2.37 bits per heavy atom. The molecule has 0 saturated heterocycles. The lowest BCUT2D eigenvalue weighted by atomic mass is 10.1. The first kappa shape index (κ1) is 13.7. The quantitative estimate of drug-likeness (QED) is 0.674. The van der Waals surface area contributed by atoms with Gasteiger partial charge >= 0.3 is 11.4 Å². The molecule has 2 unspecified atom stereocenters. The van der Waals surface area contributed by atoms with E-state index in [9.17, 15) is 4.21 Å². The summed E-state index contributed by atoms with van der Waals surface area (Å²) in [6, 6.07) is 17.2. The summed E-state index contributed by atoms with van der Waals surface area (Å²) >= 11 is -2.35. The van der Waals surface area contributed by atoms with Crippen molar-refractivity contribution in [2.24, 2.45) is 0 Å². The number of hydrogen-bond donors (Lipinski definition) is 1. The molecule has 0 radical (unpaired) electrons. The van der Waals surface area contributed by atoms with Crippen molar-refractivity contribution < 1.29 is 17.7 Å². The minimum absolute atomic E-state index is 0.603. The Morgan fingerprint density at radius 1 is 1.05 bits per heavy atom. The Balaban J connectivity index is 2.24. The molecule has 2 aromatic carbocycles. The summed E-state index contributed by atoms with van der Waals surface area (Å²) in [6.45, 7) is 1.57. The van der Waals surface area contributed by atoms with Crippen LogP contribution < -0.4 is 4.74 Å². The van der Waals surface area contributed by atoms with Gasteiger partial charge in [-0.25, -0.2) is 4.18 Å². The highest BCUT2D eigenvalue weighted by Gasteiger charge is 2.11. The maximum Gasteiger partial charge on any atom is 0.305 e. The zero-order valence-electron chi connectivity index (χ0n) is 10.4. The van der Waals surface area contributed by atoms with Crippen LogP contribution in [0.15, 0.2) is 54.6 Å². The van der Waals surface area contributed by atoms with Gasteiger partial charge < -0.3 is 4.74 Å². The lowest BCUT2D eigenvalue weighted by Crippen LogP contribution is -2.17. The summed E-state index contributed by atoms with van der Waals surface area (Å²) in [7, 11) is 0.